The van der Waals surface area contributed by atoms with E-state index in [0.717, 1.165) is 13.0 Å². The summed E-state index contributed by atoms with van der Waals surface area (Å²) in [6.07, 6.45) is 5.83. The predicted octanol–water partition coefficient (Wildman–Crippen LogP) is 1.04. The third kappa shape index (κ3) is 2.27. The molecule has 1 aliphatic heterocycles. The number of hydrogen-bond donors (Lipinski definition) is 2. The second-order valence-corrected chi connectivity index (χ2v) is 4.77. The van der Waals surface area contributed by atoms with Crippen molar-refractivity contribution in [2.75, 3.05) is 6.54 Å². The van der Waals surface area contributed by atoms with Crippen LogP contribution in [0.5, 0.6) is 0 Å². The van der Waals surface area contributed by atoms with Gasteiger partial charge in [-0.15, -0.1) is 0 Å². The van der Waals surface area contributed by atoms with Crippen LogP contribution in [-0.2, 0) is 4.79 Å². The molecule has 0 aromatic rings. The Morgan fingerprint density at radius 3 is 2.71 bits per heavy atom. The maximum Gasteiger partial charge on any atom is 0.237 e. The Hall–Kier alpha value is -0.570. The number of nitrogens with one attached hydrogen (secondary N) is 2. The third-order valence-corrected chi connectivity index (χ3v) is 3.43. The van der Waals surface area contributed by atoms with Crippen LogP contribution in [0.4, 0.5) is 0 Å². The van der Waals surface area contributed by atoms with E-state index >= 15 is 0 Å². The Bertz CT molecular complexity index is 213. The quantitative estimate of drug-likeness (QED) is 0.693. The van der Waals surface area contributed by atoms with Gasteiger partial charge in [0.2, 0.25) is 5.91 Å². The first kappa shape index (κ1) is 9.97. The molecular weight excluding hydrogens is 176 g/mol. The lowest BCUT2D eigenvalue weighted by atomic mass is 9.91. The van der Waals surface area contributed by atoms with Gasteiger partial charge in [-0.25, -0.2) is 0 Å². The minimum absolute atomic E-state index is 0.0688. The van der Waals surface area contributed by atoms with Gasteiger partial charge in [0, 0.05) is 6.04 Å². The lowest BCUT2D eigenvalue weighted by molar-refractivity contribution is -0.125. The minimum Gasteiger partial charge on any atom is -0.352 e. The Balaban J connectivity index is 1.77. The van der Waals surface area contributed by atoms with E-state index in [1.165, 1.54) is 25.7 Å². The highest BCUT2D eigenvalue weighted by Crippen LogP contribution is 2.19. The van der Waals surface area contributed by atoms with Crippen molar-refractivity contribution in [3.63, 3.8) is 0 Å². The molecule has 2 aliphatic rings. The Kier molecular flexibility index (Phi) is 3.06. The van der Waals surface area contributed by atoms with Crippen LogP contribution in [0.15, 0.2) is 0 Å². The standard InChI is InChI=1S/C11H20N2O/c1-8-5-6-12-10(7-8)11(14)13-9-3-2-4-9/h8-10,12H,2-7H2,1H3,(H,13,14). The summed E-state index contributed by atoms with van der Waals surface area (Å²) in [6, 6.07) is 0.542. The molecule has 1 aliphatic carbocycles. The molecule has 2 fully saturated rings. The molecule has 1 heterocycles. The first-order chi connectivity index (χ1) is 6.75. The second kappa shape index (κ2) is 4.30. The van der Waals surface area contributed by atoms with Gasteiger partial charge in [-0.1, -0.05) is 6.92 Å². The fraction of sp³-hybridized carbons (Fsp3) is 0.909. The van der Waals surface area contributed by atoms with Crippen molar-refractivity contribution in [3.8, 4) is 0 Å². The first-order valence-corrected chi connectivity index (χ1v) is 5.79. The molecule has 1 saturated carbocycles. The van der Waals surface area contributed by atoms with E-state index in [4.69, 9.17) is 0 Å². The zero-order chi connectivity index (χ0) is 9.97. The number of carbonyl (C=O) groups excluding carboxylic acids is 1. The number of amides is 1. The highest BCUT2D eigenvalue weighted by molar-refractivity contribution is 5.82. The Morgan fingerprint density at radius 1 is 1.36 bits per heavy atom. The van der Waals surface area contributed by atoms with Gasteiger partial charge in [0.15, 0.2) is 0 Å². The molecule has 3 nitrogen and oxygen atoms in total. The molecule has 0 aromatic carbocycles. The van der Waals surface area contributed by atoms with E-state index in [1.54, 1.807) is 0 Å². The van der Waals surface area contributed by atoms with Crippen molar-refractivity contribution in [1.82, 2.24) is 10.6 Å². The van der Waals surface area contributed by atoms with Crippen LogP contribution in [0.1, 0.15) is 39.0 Å². The summed E-state index contributed by atoms with van der Waals surface area (Å²) in [4.78, 5) is 11.8. The summed E-state index contributed by atoms with van der Waals surface area (Å²) in [6.45, 7) is 3.22. The third-order valence-electron chi connectivity index (χ3n) is 3.43. The monoisotopic (exact) mass is 196 g/mol. The first-order valence-electron chi connectivity index (χ1n) is 5.79. The van der Waals surface area contributed by atoms with Crippen LogP contribution >= 0.6 is 0 Å². The molecule has 0 spiro atoms. The average molecular weight is 196 g/mol. The van der Waals surface area contributed by atoms with Gasteiger partial charge in [-0.05, 0) is 44.6 Å². The summed E-state index contributed by atoms with van der Waals surface area (Å²) in [5, 5.41) is 6.40. The highest BCUT2D eigenvalue weighted by Gasteiger charge is 2.27. The number of hydrogen-bond acceptors (Lipinski definition) is 2. The Morgan fingerprint density at radius 2 is 2.14 bits per heavy atom. The number of carbonyl (C=O) groups is 1. The van der Waals surface area contributed by atoms with Crippen LogP contribution in [0.3, 0.4) is 0 Å². The van der Waals surface area contributed by atoms with Crippen molar-refractivity contribution in [1.29, 1.82) is 0 Å². The van der Waals surface area contributed by atoms with Crippen molar-refractivity contribution in [3.05, 3.63) is 0 Å². The lowest BCUT2D eigenvalue weighted by Crippen LogP contribution is -2.52. The Labute approximate surface area is 85.6 Å². The molecule has 3 heteroatoms. The molecule has 14 heavy (non-hydrogen) atoms. The van der Waals surface area contributed by atoms with Crippen molar-refractivity contribution in [2.45, 2.75) is 51.1 Å². The summed E-state index contributed by atoms with van der Waals surface area (Å²) < 4.78 is 0. The molecule has 0 radical (unpaired) electrons. The second-order valence-electron chi connectivity index (χ2n) is 4.77. The molecule has 2 atom stereocenters. The van der Waals surface area contributed by atoms with E-state index in [2.05, 4.69) is 17.6 Å². The maximum absolute atomic E-state index is 11.8. The van der Waals surface area contributed by atoms with Crippen molar-refractivity contribution >= 4 is 5.91 Å². The van der Waals surface area contributed by atoms with Gasteiger partial charge in [0.25, 0.3) is 0 Å². The van der Waals surface area contributed by atoms with Crippen LogP contribution in [0, 0.1) is 5.92 Å². The van der Waals surface area contributed by atoms with Gasteiger partial charge in [0.05, 0.1) is 6.04 Å². The molecule has 2 rings (SSSR count). The molecule has 2 N–H and O–H groups in total. The normalized spacial score (nSPS) is 33.5. The molecule has 1 amide bonds. The van der Waals surface area contributed by atoms with E-state index in [-0.39, 0.29) is 11.9 Å². The van der Waals surface area contributed by atoms with Gasteiger partial charge in [-0.2, -0.15) is 0 Å². The molecule has 0 bridgehead atoms. The summed E-state index contributed by atoms with van der Waals surface area (Å²) in [7, 11) is 0. The summed E-state index contributed by atoms with van der Waals surface area (Å²) >= 11 is 0. The molecular formula is C11H20N2O. The number of piperidine rings is 1. The van der Waals surface area contributed by atoms with Crippen LogP contribution in [0.2, 0.25) is 0 Å². The average Bonchev–Trinajstić information content (AvgIpc) is 2.11. The number of rotatable bonds is 2. The van der Waals surface area contributed by atoms with Gasteiger partial charge >= 0.3 is 0 Å². The van der Waals surface area contributed by atoms with Crippen LogP contribution in [-0.4, -0.2) is 24.5 Å². The summed E-state index contributed by atoms with van der Waals surface area (Å²) in [5.74, 6) is 0.912. The van der Waals surface area contributed by atoms with Crippen molar-refractivity contribution < 1.29 is 4.79 Å². The summed E-state index contributed by atoms with van der Waals surface area (Å²) in [5.41, 5.74) is 0. The van der Waals surface area contributed by atoms with Gasteiger partial charge < -0.3 is 10.6 Å². The SMILES string of the molecule is CC1CCNC(C(=O)NC2CCC2)C1. The fourth-order valence-corrected chi connectivity index (χ4v) is 2.16. The molecule has 80 valence electrons. The smallest absolute Gasteiger partial charge is 0.237 e. The maximum atomic E-state index is 11.8. The molecule has 2 unspecified atom stereocenters. The topological polar surface area (TPSA) is 41.1 Å². The molecule has 0 aromatic heterocycles. The van der Waals surface area contributed by atoms with E-state index < -0.39 is 0 Å². The highest BCUT2D eigenvalue weighted by atomic mass is 16.2. The predicted molar refractivity (Wildman–Crippen MR) is 56.0 cm³/mol. The van der Waals surface area contributed by atoms with Crippen LogP contribution in [0.25, 0.3) is 0 Å². The van der Waals surface area contributed by atoms with E-state index in [0.29, 0.717) is 12.0 Å². The fourth-order valence-electron chi connectivity index (χ4n) is 2.16. The van der Waals surface area contributed by atoms with E-state index in [9.17, 15) is 4.79 Å². The zero-order valence-corrected chi connectivity index (χ0v) is 8.88. The lowest BCUT2D eigenvalue weighted by Gasteiger charge is -2.32. The minimum atomic E-state index is 0.0688. The molecule has 1 saturated heterocycles. The van der Waals surface area contributed by atoms with Gasteiger partial charge in [-0.3, -0.25) is 4.79 Å². The largest absolute Gasteiger partial charge is 0.352 e. The van der Waals surface area contributed by atoms with Crippen LogP contribution < -0.4 is 10.6 Å². The van der Waals surface area contributed by atoms with Gasteiger partial charge in [0.1, 0.15) is 0 Å². The van der Waals surface area contributed by atoms with Crippen molar-refractivity contribution in [2.24, 2.45) is 5.92 Å². The zero-order valence-electron chi connectivity index (χ0n) is 8.88. The van der Waals surface area contributed by atoms with E-state index in [1.807, 2.05) is 0 Å².